The van der Waals surface area contributed by atoms with Crippen molar-refractivity contribution in [3.05, 3.63) is 35.4 Å². The molecule has 2 atom stereocenters. The molecule has 2 unspecified atom stereocenters. The van der Waals surface area contributed by atoms with Gasteiger partial charge in [-0.3, -0.25) is 0 Å². The summed E-state index contributed by atoms with van der Waals surface area (Å²) in [4.78, 5) is 0. The number of nitrogens with one attached hydrogen (secondary N) is 1. The number of benzene rings is 1. The number of aryl methyl sites for hydroxylation is 1. The van der Waals surface area contributed by atoms with E-state index in [1.54, 1.807) is 0 Å². The van der Waals surface area contributed by atoms with Crippen LogP contribution in [0.1, 0.15) is 44.2 Å². The molecule has 0 heterocycles. The summed E-state index contributed by atoms with van der Waals surface area (Å²) in [5.74, 6) is 1.14. The summed E-state index contributed by atoms with van der Waals surface area (Å²) in [6.07, 6.45) is 4.07. The smallest absolute Gasteiger partial charge is 0.0234 e. The van der Waals surface area contributed by atoms with Crippen molar-refractivity contribution in [2.75, 3.05) is 7.05 Å². The zero-order valence-electron chi connectivity index (χ0n) is 12.7. The maximum Gasteiger partial charge on any atom is 0.0234 e. The topological polar surface area (TPSA) is 12.0 Å². The van der Waals surface area contributed by atoms with E-state index in [1.807, 2.05) is 0 Å². The van der Waals surface area contributed by atoms with Gasteiger partial charge in [0.2, 0.25) is 0 Å². The number of hydrogen-bond donors (Lipinski definition) is 1. The molecule has 0 spiro atoms. The molecule has 1 aromatic carbocycles. The Labute approximate surface area is 122 Å². The number of thioether (sulfide) groups is 1. The van der Waals surface area contributed by atoms with Crippen LogP contribution in [-0.4, -0.2) is 18.3 Å². The maximum absolute atomic E-state index is 3.57. The molecule has 0 amide bonds. The van der Waals surface area contributed by atoms with E-state index in [-0.39, 0.29) is 0 Å². The van der Waals surface area contributed by atoms with Gasteiger partial charge in [0, 0.05) is 17.0 Å². The van der Waals surface area contributed by atoms with Crippen molar-refractivity contribution in [2.45, 2.75) is 57.1 Å². The van der Waals surface area contributed by atoms with E-state index in [9.17, 15) is 0 Å². The molecule has 19 heavy (non-hydrogen) atoms. The van der Waals surface area contributed by atoms with Crippen LogP contribution in [-0.2, 0) is 5.75 Å². The molecule has 1 fully saturated rings. The Bertz CT molecular complexity index is 413. The minimum atomic E-state index is 0.428. The van der Waals surface area contributed by atoms with E-state index in [0.717, 1.165) is 11.0 Å². The summed E-state index contributed by atoms with van der Waals surface area (Å²) in [5, 5.41) is 4.32. The van der Waals surface area contributed by atoms with Crippen molar-refractivity contribution >= 4 is 11.8 Å². The van der Waals surface area contributed by atoms with Gasteiger partial charge in [0.05, 0.1) is 0 Å². The first-order chi connectivity index (χ1) is 9.03. The van der Waals surface area contributed by atoms with E-state index in [4.69, 9.17) is 0 Å². The van der Waals surface area contributed by atoms with Gasteiger partial charge in [0.25, 0.3) is 0 Å². The highest BCUT2D eigenvalue weighted by Crippen LogP contribution is 2.41. The average molecular weight is 277 g/mol. The molecule has 0 aromatic heterocycles. The molecule has 0 saturated heterocycles. The number of rotatable bonds is 4. The van der Waals surface area contributed by atoms with Gasteiger partial charge in [-0.25, -0.2) is 0 Å². The first-order valence-corrected chi connectivity index (χ1v) is 8.42. The Kier molecular flexibility index (Phi) is 4.97. The van der Waals surface area contributed by atoms with Gasteiger partial charge in [-0.1, -0.05) is 50.1 Å². The predicted octanol–water partition coefficient (Wildman–Crippen LogP) is 4.39. The lowest BCUT2D eigenvalue weighted by molar-refractivity contribution is 0.182. The van der Waals surface area contributed by atoms with Crippen LogP contribution in [0.3, 0.4) is 0 Å². The normalized spacial score (nSPS) is 26.3. The molecule has 1 nitrogen and oxygen atoms in total. The van der Waals surface area contributed by atoms with E-state index >= 15 is 0 Å². The third-order valence-electron chi connectivity index (χ3n) is 4.38. The summed E-state index contributed by atoms with van der Waals surface area (Å²) in [7, 11) is 2.12. The Morgan fingerprint density at radius 3 is 2.84 bits per heavy atom. The lowest BCUT2D eigenvalue weighted by Gasteiger charge is -2.43. The largest absolute Gasteiger partial charge is 0.315 e. The van der Waals surface area contributed by atoms with Crippen LogP contribution in [0, 0.1) is 12.3 Å². The minimum Gasteiger partial charge on any atom is -0.315 e. The van der Waals surface area contributed by atoms with Gasteiger partial charge in [0.1, 0.15) is 0 Å². The average Bonchev–Trinajstić information content (AvgIpc) is 2.35. The van der Waals surface area contributed by atoms with Gasteiger partial charge in [0.15, 0.2) is 0 Å². The van der Waals surface area contributed by atoms with Gasteiger partial charge in [-0.05, 0) is 37.8 Å². The summed E-state index contributed by atoms with van der Waals surface area (Å²) >= 11 is 2.13. The summed E-state index contributed by atoms with van der Waals surface area (Å²) in [6, 6.07) is 9.55. The summed E-state index contributed by atoms with van der Waals surface area (Å²) < 4.78 is 0. The molecular formula is C17H27NS. The van der Waals surface area contributed by atoms with Gasteiger partial charge >= 0.3 is 0 Å². The molecule has 2 rings (SSSR count). The van der Waals surface area contributed by atoms with Crippen molar-refractivity contribution < 1.29 is 0 Å². The number of hydrogen-bond acceptors (Lipinski definition) is 2. The Balaban J connectivity index is 1.98. The lowest BCUT2D eigenvalue weighted by atomic mass is 9.73. The van der Waals surface area contributed by atoms with E-state index in [2.05, 4.69) is 69.2 Å². The predicted molar refractivity (Wildman–Crippen MR) is 86.7 cm³/mol. The molecule has 106 valence electrons. The van der Waals surface area contributed by atoms with Crippen molar-refractivity contribution in [3.63, 3.8) is 0 Å². The molecular weight excluding hydrogens is 250 g/mol. The van der Waals surface area contributed by atoms with Crippen LogP contribution in [0.4, 0.5) is 0 Å². The van der Waals surface area contributed by atoms with Crippen molar-refractivity contribution in [2.24, 2.45) is 5.41 Å². The standard InChI is InChI=1S/C17H27NS/c1-13-7-5-8-14(11-13)12-19-15-9-6-10-17(2,3)16(15)18-4/h5,7-8,11,15-16,18H,6,9-10,12H2,1-4H3. The zero-order valence-corrected chi connectivity index (χ0v) is 13.5. The van der Waals surface area contributed by atoms with Crippen LogP contribution < -0.4 is 5.32 Å². The second kappa shape index (κ2) is 6.32. The third-order valence-corrected chi connectivity index (χ3v) is 5.82. The summed E-state index contributed by atoms with van der Waals surface area (Å²) in [6.45, 7) is 7.00. The SMILES string of the molecule is CNC1C(SCc2cccc(C)c2)CCCC1(C)C. The van der Waals surface area contributed by atoms with Gasteiger partial charge in [-0.2, -0.15) is 11.8 Å². The molecule has 1 aromatic rings. The van der Waals surface area contributed by atoms with Crippen molar-refractivity contribution in [1.29, 1.82) is 0 Å². The Hall–Kier alpha value is -0.470. The quantitative estimate of drug-likeness (QED) is 0.875. The monoisotopic (exact) mass is 277 g/mol. The van der Waals surface area contributed by atoms with Crippen LogP contribution in [0.25, 0.3) is 0 Å². The summed E-state index contributed by atoms with van der Waals surface area (Å²) in [5.41, 5.74) is 3.26. The van der Waals surface area contributed by atoms with Crippen LogP contribution in [0.2, 0.25) is 0 Å². The molecule has 0 aliphatic heterocycles. The third kappa shape index (κ3) is 3.76. The highest BCUT2D eigenvalue weighted by molar-refractivity contribution is 7.99. The molecule has 1 aliphatic rings. The highest BCUT2D eigenvalue weighted by atomic mass is 32.2. The van der Waals surface area contributed by atoms with Crippen LogP contribution in [0.15, 0.2) is 24.3 Å². The lowest BCUT2D eigenvalue weighted by Crippen LogP contribution is -2.50. The van der Waals surface area contributed by atoms with Gasteiger partial charge < -0.3 is 5.32 Å². The maximum atomic E-state index is 3.57. The van der Waals surface area contributed by atoms with E-state index < -0.39 is 0 Å². The minimum absolute atomic E-state index is 0.428. The van der Waals surface area contributed by atoms with E-state index in [0.29, 0.717) is 11.5 Å². The Morgan fingerprint density at radius 1 is 1.37 bits per heavy atom. The fraction of sp³-hybridized carbons (Fsp3) is 0.647. The molecule has 0 bridgehead atoms. The van der Waals surface area contributed by atoms with E-state index in [1.165, 1.54) is 30.4 Å². The van der Waals surface area contributed by atoms with Crippen molar-refractivity contribution in [1.82, 2.24) is 5.32 Å². The van der Waals surface area contributed by atoms with Crippen LogP contribution >= 0.6 is 11.8 Å². The first kappa shape index (κ1) is 14.9. The Morgan fingerprint density at radius 2 is 2.16 bits per heavy atom. The fourth-order valence-corrected chi connectivity index (χ4v) is 4.96. The first-order valence-electron chi connectivity index (χ1n) is 7.37. The molecule has 1 N–H and O–H groups in total. The molecule has 1 aliphatic carbocycles. The molecule has 0 radical (unpaired) electrons. The zero-order chi connectivity index (χ0) is 13.9. The molecule has 1 saturated carbocycles. The van der Waals surface area contributed by atoms with Crippen molar-refractivity contribution in [3.8, 4) is 0 Å². The highest BCUT2D eigenvalue weighted by Gasteiger charge is 2.37. The fourth-order valence-electron chi connectivity index (χ4n) is 3.35. The van der Waals surface area contributed by atoms with Crippen LogP contribution in [0.5, 0.6) is 0 Å². The second-order valence-corrected chi connectivity index (χ2v) is 7.71. The van der Waals surface area contributed by atoms with Gasteiger partial charge in [-0.15, -0.1) is 0 Å². The second-order valence-electron chi connectivity index (χ2n) is 6.49. The molecule has 2 heteroatoms.